The number of hydrogen-bond donors (Lipinski definition) is 3. The summed E-state index contributed by atoms with van der Waals surface area (Å²) >= 11 is 0. The first-order valence-electron chi connectivity index (χ1n) is 7.88. The lowest BCUT2D eigenvalue weighted by Gasteiger charge is -2.12. The Bertz CT molecular complexity index is 950. The van der Waals surface area contributed by atoms with Crippen LogP contribution >= 0.6 is 0 Å². The van der Waals surface area contributed by atoms with Crippen LogP contribution in [0.3, 0.4) is 0 Å². The molecule has 0 atom stereocenters. The van der Waals surface area contributed by atoms with Gasteiger partial charge in [-0.25, -0.2) is 4.98 Å². The number of hydrogen-bond acceptors (Lipinski definition) is 6. The highest BCUT2D eigenvalue weighted by Gasteiger charge is 2.30. The Morgan fingerprint density at radius 1 is 1.26 bits per heavy atom. The number of rotatable bonds is 6. The fraction of sp³-hybridized carbons (Fsp3) is 0.176. The highest BCUT2D eigenvalue weighted by molar-refractivity contribution is 5.84. The summed E-state index contributed by atoms with van der Waals surface area (Å²) in [5, 5.41) is 17.4. The van der Waals surface area contributed by atoms with Crippen molar-refractivity contribution >= 4 is 23.7 Å². The fourth-order valence-electron chi connectivity index (χ4n) is 2.36. The molecule has 27 heavy (non-hydrogen) atoms. The molecule has 0 saturated carbocycles. The molecular weight excluding hydrogens is 359 g/mol. The highest BCUT2D eigenvalue weighted by Crippen LogP contribution is 2.29. The predicted octanol–water partition coefficient (Wildman–Crippen LogP) is 3.58. The second-order valence-corrected chi connectivity index (χ2v) is 5.72. The van der Waals surface area contributed by atoms with Crippen LogP contribution in [0.15, 0.2) is 42.9 Å². The van der Waals surface area contributed by atoms with Gasteiger partial charge in [0.1, 0.15) is 5.82 Å². The van der Waals surface area contributed by atoms with E-state index in [2.05, 4.69) is 25.7 Å². The van der Waals surface area contributed by atoms with Crippen molar-refractivity contribution in [3.8, 4) is 0 Å². The number of nitrogens with zero attached hydrogens (tertiary/aromatic N) is 4. The molecule has 0 spiro atoms. The molecule has 0 unspecified atom stereocenters. The second-order valence-electron chi connectivity index (χ2n) is 5.72. The zero-order valence-electron chi connectivity index (χ0n) is 14.2. The number of benzene rings is 1. The molecule has 0 aliphatic carbocycles. The van der Waals surface area contributed by atoms with Gasteiger partial charge in [-0.2, -0.15) is 23.3 Å². The third kappa shape index (κ3) is 4.60. The monoisotopic (exact) mass is 375 g/mol. The van der Waals surface area contributed by atoms with Crippen molar-refractivity contribution in [1.82, 2.24) is 19.7 Å². The van der Waals surface area contributed by atoms with E-state index in [-0.39, 0.29) is 12.5 Å². The van der Waals surface area contributed by atoms with Gasteiger partial charge in [0.2, 0.25) is 5.95 Å². The molecule has 0 amide bonds. The number of aryl methyl sites for hydroxylation is 1. The van der Waals surface area contributed by atoms with Crippen LogP contribution < -0.4 is 10.6 Å². The molecule has 2 heterocycles. The lowest BCUT2D eigenvalue weighted by atomic mass is 10.1. The molecule has 140 valence electrons. The molecule has 3 aromatic rings. The first kappa shape index (κ1) is 18.4. The largest absolute Gasteiger partial charge is 0.416 e. The van der Waals surface area contributed by atoms with Crippen LogP contribution in [-0.2, 0) is 19.8 Å². The van der Waals surface area contributed by atoms with Gasteiger partial charge in [0.15, 0.2) is 0 Å². The first-order valence-corrected chi connectivity index (χ1v) is 7.88. The molecule has 3 N–H and O–H groups in total. The van der Waals surface area contributed by atoms with Crippen LogP contribution in [0.4, 0.5) is 30.6 Å². The van der Waals surface area contributed by atoms with E-state index < -0.39 is 11.7 Å². The van der Waals surface area contributed by atoms with Crippen LogP contribution in [0.1, 0.15) is 16.7 Å². The van der Waals surface area contributed by atoms with Gasteiger partial charge in [-0.15, -0.1) is 0 Å². The van der Waals surface area contributed by atoms with E-state index >= 15 is 0 Å². The van der Waals surface area contributed by atoms with Gasteiger partial charge >= 0.3 is 6.18 Å². The summed E-state index contributed by atoms with van der Waals surface area (Å²) in [6.07, 6.45) is 1.47. The molecule has 0 radical (unpaired) electrons. The van der Waals surface area contributed by atoms with E-state index in [1.54, 1.807) is 30.2 Å². The number of alkyl halides is 3. The predicted molar refractivity (Wildman–Crippen MR) is 95.2 cm³/mol. The van der Waals surface area contributed by atoms with Gasteiger partial charge in [0, 0.05) is 32.2 Å². The van der Waals surface area contributed by atoms with Crippen LogP contribution in [0.2, 0.25) is 0 Å². The maximum atomic E-state index is 12.8. The van der Waals surface area contributed by atoms with Crippen LogP contribution in [0.5, 0.6) is 0 Å². The Kier molecular flexibility index (Phi) is 5.06. The maximum absolute atomic E-state index is 12.8. The molecule has 0 aliphatic rings. The minimum atomic E-state index is -4.40. The smallest absolute Gasteiger partial charge is 0.365 e. The Balaban J connectivity index is 1.77. The second kappa shape index (κ2) is 7.44. The van der Waals surface area contributed by atoms with Gasteiger partial charge in [0.25, 0.3) is 0 Å². The van der Waals surface area contributed by atoms with E-state index in [1.165, 1.54) is 12.3 Å². The van der Waals surface area contributed by atoms with Gasteiger partial charge in [0.05, 0.1) is 23.0 Å². The Morgan fingerprint density at radius 2 is 2.07 bits per heavy atom. The lowest BCUT2D eigenvalue weighted by Crippen LogP contribution is -2.09. The average Bonchev–Trinajstić information content (AvgIpc) is 3.04. The van der Waals surface area contributed by atoms with Crippen molar-refractivity contribution in [2.75, 3.05) is 10.6 Å². The molecule has 3 rings (SSSR count). The van der Waals surface area contributed by atoms with Gasteiger partial charge in [-0.1, -0.05) is 12.1 Å². The van der Waals surface area contributed by atoms with E-state index in [0.29, 0.717) is 22.6 Å². The number of anilines is 3. The quantitative estimate of drug-likeness (QED) is 0.573. The lowest BCUT2D eigenvalue weighted by molar-refractivity contribution is -0.137. The number of nitrogens with one attached hydrogen (secondary N) is 3. The topological polar surface area (TPSA) is 91.5 Å². The minimum Gasteiger partial charge on any atom is -0.365 e. The van der Waals surface area contributed by atoms with E-state index in [1.807, 2.05) is 0 Å². The maximum Gasteiger partial charge on any atom is 0.416 e. The molecular formula is C17H16F3N7. The Morgan fingerprint density at radius 3 is 2.74 bits per heavy atom. The molecule has 0 aliphatic heterocycles. The zero-order valence-corrected chi connectivity index (χ0v) is 14.2. The van der Waals surface area contributed by atoms with Crippen molar-refractivity contribution < 1.29 is 13.2 Å². The van der Waals surface area contributed by atoms with Gasteiger partial charge in [-0.05, 0) is 17.7 Å². The molecule has 1 aromatic carbocycles. The molecule has 7 nitrogen and oxygen atoms in total. The average molecular weight is 375 g/mol. The molecule has 2 aromatic heterocycles. The van der Waals surface area contributed by atoms with Crippen molar-refractivity contribution in [2.45, 2.75) is 12.7 Å². The molecule has 0 fully saturated rings. The summed E-state index contributed by atoms with van der Waals surface area (Å²) in [4.78, 5) is 8.41. The van der Waals surface area contributed by atoms with E-state index in [9.17, 15) is 13.2 Å². The van der Waals surface area contributed by atoms with Crippen molar-refractivity contribution in [2.24, 2.45) is 7.05 Å². The number of halogens is 3. The summed E-state index contributed by atoms with van der Waals surface area (Å²) in [6.45, 7) is 0.119. The zero-order chi connectivity index (χ0) is 19.4. The number of aromatic nitrogens is 4. The van der Waals surface area contributed by atoms with Crippen molar-refractivity contribution in [3.05, 3.63) is 59.5 Å². The third-order valence-electron chi connectivity index (χ3n) is 3.65. The van der Waals surface area contributed by atoms with Crippen LogP contribution in [0, 0.1) is 5.41 Å². The Labute approximate surface area is 152 Å². The van der Waals surface area contributed by atoms with Crippen LogP contribution in [0.25, 0.3) is 0 Å². The normalized spacial score (nSPS) is 11.3. The third-order valence-corrected chi connectivity index (χ3v) is 3.65. The highest BCUT2D eigenvalue weighted by atomic mass is 19.4. The SMILES string of the molecule is Cn1cc(Nc2ncc(C=N)c(NCc3cccc(C(F)(F)F)c3)n2)cn1. The minimum absolute atomic E-state index is 0.119. The summed E-state index contributed by atoms with van der Waals surface area (Å²) in [6, 6.07) is 5.04. The first-order chi connectivity index (χ1) is 12.8. The van der Waals surface area contributed by atoms with E-state index in [4.69, 9.17) is 5.41 Å². The fourth-order valence-corrected chi connectivity index (χ4v) is 2.36. The summed E-state index contributed by atoms with van der Waals surface area (Å²) in [5.74, 6) is 0.615. The summed E-state index contributed by atoms with van der Waals surface area (Å²) < 4.78 is 40.1. The molecule has 0 saturated heterocycles. The van der Waals surface area contributed by atoms with Gasteiger partial charge < -0.3 is 16.0 Å². The van der Waals surface area contributed by atoms with E-state index in [0.717, 1.165) is 18.3 Å². The Hall–Kier alpha value is -3.43. The van der Waals surface area contributed by atoms with Crippen molar-refractivity contribution in [3.63, 3.8) is 0 Å². The summed E-state index contributed by atoms with van der Waals surface area (Å²) in [7, 11) is 1.77. The molecule has 0 bridgehead atoms. The summed E-state index contributed by atoms with van der Waals surface area (Å²) in [5.41, 5.74) is 0.833. The van der Waals surface area contributed by atoms with Crippen LogP contribution in [-0.4, -0.2) is 26.0 Å². The van der Waals surface area contributed by atoms with Crippen molar-refractivity contribution in [1.29, 1.82) is 5.41 Å². The molecule has 10 heteroatoms. The standard InChI is InChI=1S/C17H16F3N7/c1-27-10-14(9-24-27)25-16-23-8-12(6-21)15(26-16)22-7-11-3-2-4-13(5-11)17(18,19)20/h2-6,8-10,21H,7H2,1H3,(H2,22,23,25,26). The van der Waals surface area contributed by atoms with Gasteiger partial charge in [-0.3, -0.25) is 4.68 Å².